The van der Waals surface area contributed by atoms with Crippen molar-refractivity contribution in [2.75, 3.05) is 13.1 Å². The first-order valence-electron chi connectivity index (χ1n) is 7.35. The Morgan fingerprint density at radius 2 is 2.14 bits per heavy atom. The van der Waals surface area contributed by atoms with E-state index in [9.17, 15) is 4.79 Å². The van der Waals surface area contributed by atoms with Crippen molar-refractivity contribution in [2.45, 2.75) is 33.6 Å². The molecule has 2 aromatic rings. The van der Waals surface area contributed by atoms with E-state index in [1.807, 2.05) is 36.9 Å². The Hall–Kier alpha value is -1.75. The van der Waals surface area contributed by atoms with Gasteiger partial charge in [0, 0.05) is 19.3 Å². The molecule has 2 heterocycles. The third-order valence-corrected chi connectivity index (χ3v) is 4.49. The molecule has 0 aliphatic carbocycles. The fourth-order valence-corrected chi connectivity index (χ4v) is 3.10. The van der Waals surface area contributed by atoms with Crippen molar-refractivity contribution in [3.63, 3.8) is 0 Å². The number of nitrogens with zero attached hydrogens (tertiary/aromatic N) is 3. The van der Waals surface area contributed by atoms with Crippen LogP contribution in [0.15, 0.2) is 24.4 Å². The van der Waals surface area contributed by atoms with Crippen LogP contribution in [0.2, 0.25) is 0 Å². The van der Waals surface area contributed by atoms with Gasteiger partial charge >= 0.3 is 0 Å². The lowest BCUT2D eigenvalue weighted by Crippen LogP contribution is -2.31. The molecule has 0 atom stereocenters. The van der Waals surface area contributed by atoms with Crippen molar-refractivity contribution in [3.8, 4) is 10.7 Å². The van der Waals surface area contributed by atoms with Gasteiger partial charge in [-0.3, -0.25) is 9.78 Å². The molecule has 4 nitrogen and oxygen atoms in total. The van der Waals surface area contributed by atoms with Crippen molar-refractivity contribution in [1.82, 2.24) is 14.9 Å². The van der Waals surface area contributed by atoms with E-state index in [1.165, 1.54) is 11.3 Å². The number of thiazole rings is 1. The molecule has 21 heavy (non-hydrogen) atoms. The van der Waals surface area contributed by atoms with Gasteiger partial charge in [0.2, 0.25) is 0 Å². The van der Waals surface area contributed by atoms with Crippen LogP contribution in [0.4, 0.5) is 0 Å². The lowest BCUT2D eigenvalue weighted by atomic mass is 10.3. The third-order valence-electron chi connectivity index (χ3n) is 3.33. The van der Waals surface area contributed by atoms with E-state index < -0.39 is 0 Å². The molecule has 0 bridgehead atoms. The number of carbonyl (C=O) groups is 1. The Morgan fingerprint density at radius 1 is 1.33 bits per heavy atom. The minimum atomic E-state index is 0.0862. The summed E-state index contributed by atoms with van der Waals surface area (Å²) in [5.41, 5.74) is 1.61. The van der Waals surface area contributed by atoms with Crippen LogP contribution in [0.5, 0.6) is 0 Å². The molecule has 0 spiro atoms. The highest BCUT2D eigenvalue weighted by Gasteiger charge is 2.20. The zero-order valence-corrected chi connectivity index (χ0v) is 13.6. The van der Waals surface area contributed by atoms with Crippen LogP contribution >= 0.6 is 11.3 Å². The van der Waals surface area contributed by atoms with E-state index in [-0.39, 0.29) is 5.91 Å². The molecule has 0 aliphatic rings. The second kappa shape index (κ2) is 7.31. The number of hydrogen-bond donors (Lipinski definition) is 0. The first-order valence-corrected chi connectivity index (χ1v) is 8.17. The van der Waals surface area contributed by atoms with E-state index in [0.717, 1.165) is 47.2 Å². The zero-order valence-electron chi connectivity index (χ0n) is 12.8. The maximum atomic E-state index is 12.6. The number of rotatable bonds is 6. The van der Waals surface area contributed by atoms with Crippen LogP contribution in [0, 0.1) is 6.92 Å². The lowest BCUT2D eigenvalue weighted by molar-refractivity contribution is 0.0766. The fourth-order valence-electron chi connectivity index (χ4n) is 2.09. The minimum Gasteiger partial charge on any atom is -0.338 e. The van der Waals surface area contributed by atoms with Crippen molar-refractivity contribution in [3.05, 3.63) is 35.0 Å². The van der Waals surface area contributed by atoms with E-state index in [4.69, 9.17) is 0 Å². The number of aromatic nitrogens is 2. The van der Waals surface area contributed by atoms with Gasteiger partial charge in [0.1, 0.15) is 9.88 Å². The van der Waals surface area contributed by atoms with Gasteiger partial charge in [0.25, 0.3) is 5.91 Å². The van der Waals surface area contributed by atoms with Crippen molar-refractivity contribution < 1.29 is 4.79 Å². The number of carbonyl (C=O) groups excluding carboxylic acids is 1. The highest BCUT2D eigenvalue weighted by atomic mass is 32.1. The maximum absolute atomic E-state index is 12.6. The summed E-state index contributed by atoms with van der Waals surface area (Å²) < 4.78 is 0. The predicted octanol–water partition coefficient (Wildman–Crippen LogP) is 3.78. The molecular formula is C16H21N3OS. The summed E-state index contributed by atoms with van der Waals surface area (Å²) in [7, 11) is 0. The molecule has 0 radical (unpaired) electrons. The molecule has 2 rings (SSSR count). The molecule has 0 fully saturated rings. The van der Waals surface area contributed by atoms with E-state index in [1.54, 1.807) is 6.20 Å². The number of aryl methyl sites for hydroxylation is 1. The van der Waals surface area contributed by atoms with Gasteiger partial charge in [-0.15, -0.1) is 11.3 Å². The molecule has 0 unspecified atom stereocenters. The molecule has 0 aromatic carbocycles. The fraction of sp³-hybridized carbons (Fsp3) is 0.438. The van der Waals surface area contributed by atoms with E-state index in [2.05, 4.69) is 16.9 Å². The maximum Gasteiger partial charge on any atom is 0.265 e. The second-order valence-corrected chi connectivity index (χ2v) is 5.89. The predicted molar refractivity (Wildman–Crippen MR) is 86.6 cm³/mol. The molecule has 0 saturated heterocycles. The van der Waals surface area contributed by atoms with Crippen LogP contribution in [0.1, 0.15) is 42.1 Å². The third kappa shape index (κ3) is 3.67. The SMILES string of the molecule is CCCCN(CC)C(=O)c1sc(-c2ccccn2)nc1C. The molecule has 2 aromatic heterocycles. The van der Waals surface area contributed by atoms with Crippen LogP contribution in [0.3, 0.4) is 0 Å². The smallest absolute Gasteiger partial charge is 0.265 e. The monoisotopic (exact) mass is 303 g/mol. The Labute approximate surface area is 129 Å². The molecule has 112 valence electrons. The Bertz CT molecular complexity index is 595. The average Bonchev–Trinajstić information content (AvgIpc) is 2.90. The topological polar surface area (TPSA) is 46.1 Å². The number of amides is 1. The van der Waals surface area contributed by atoms with Gasteiger partial charge in [-0.1, -0.05) is 19.4 Å². The summed E-state index contributed by atoms with van der Waals surface area (Å²) in [5, 5.41) is 0.808. The highest BCUT2D eigenvalue weighted by molar-refractivity contribution is 7.17. The van der Waals surface area contributed by atoms with Gasteiger partial charge in [0.15, 0.2) is 0 Å². The van der Waals surface area contributed by atoms with Gasteiger partial charge in [0.05, 0.1) is 11.4 Å². The van der Waals surface area contributed by atoms with Crippen LogP contribution in [0.25, 0.3) is 10.7 Å². The normalized spacial score (nSPS) is 10.6. The molecule has 0 saturated carbocycles. The quantitative estimate of drug-likeness (QED) is 0.816. The molecule has 0 aliphatic heterocycles. The lowest BCUT2D eigenvalue weighted by Gasteiger charge is -2.19. The second-order valence-electron chi connectivity index (χ2n) is 4.89. The van der Waals surface area contributed by atoms with Crippen LogP contribution < -0.4 is 0 Å². The molecule has 0 N–H and O–H groups in total. The number of pyridine rings is 1. The average molecular weight is 303 g/mol. The summed E-state index contributed by atoms with van der Waals surface area (Å²) in [6.45, 7) is 7.58. The minimum absolute atomic E-state index is 0.0862. The molecule has 5 heteroatoms. The van der Waals surface area contributed by atoms with Crippen LogP contribution in [-0.2, 0) is 0 Å². The Kier molecular flexibility index (Phi) is 5.44. The standard InChI is InChI=1S/C16H21N3OS/c1-4-6-11-19(5-2)16(20)14-12(3)18-15(21-14)13-9-7-8-10-17-13/h7-10H,4-6,11H2,1-3H3. The van der Waals surface area contributed by atoms with E-state index >= 15 is 0 Å². The highest BCUT2D eigenvalue weighted by Crippen LogP contribution is 2.27. The zero-order chi connectivity index (χ0) is 15.2. The number of unbranched alkanes of at least 4 members (excludes halogenated alkanes) is 1. The summed E-state index contributed by atoms with van der Waals surface area (Å²) in [6, 6.07) is 5.72. The Balaban J connectivity index is 2.24. The summed E-state index contributed by atoms with van der Waals surface area (Å²) in [6.07, 6.45) is 3.86. The summed E-state index contributed by atoms with van der Waals surface area (Å²) >= 11 is 1.43. The molecular weight excluding hydrogens is 282 g/mol. The van der Waals surface area contributed by atoms with Gasteiger partial charge in [-0.25, -0.2) is 4.98 Å². The summed E-state index contributed by atoms with van der Waals surface area (Å²) in [4.78, 5) is 24.1. The summed E-state index contributed by atoms with van der Waals surface area (Å²) in [5.74, 6) is 0.0862. The van der Waals surface area contributed by atoms with Gasteiger partial charge in [-0.2, -0.15) is 0 Å². The first-order chi connectivity index (χ1) is 10.2. The van der Waals surface area contributed by atoms with Gasteiger partial charge < -0.3 is 4.90 Å². The van der Waals surface area contributed by atoms with Crippen molar-refractivity contribution in [2.24, 2.45) is 0 Å². The number of hydrogen-bond acceptors (Lipinski definition) is 4. The van der Waals surface area contributed by atoms with Crippen molar-refractivity contribution in [1.29, 1.82) is 0 Å². The van der Waals surface area contributed by atoms with E-state index in [0.29, 0.717) is 0 Å². The van der Waals surface area contributed by atoms with Gasteiger partial charge in [-0.05, 0) is 32.4 Å². The largest absolute Gasteiger partial charge is 0.338 e. The van der Waals surface area contributed by atoms with Crippen LogP contribution in [-0.4, -0.2) is 33.9 Å². The first kappa shape index (κ1) is 15.6. The molecule has 1 amide bonds. The van der Waals surface area contributed by atoms with Crippen molar-refractivity contribution >= 4 is 17.2 Å². The Morgan fingerprint density at radius 3 is 2.76 bits per heavy atom.